The number of carbonyl (C=O) groups excluding carboxylic acids is 2. The summed E-state index contributed by atoms with van der Waals surface area (Å²) in [7, 11) is 0. The van der Waals surface area contributed by atoms with Gasteiger partial charge >= 0.3 is 11.9 Å². The lowest BCUT2D eigenvalue weighted by molar-refractivity contribution is -0.280. The van der Waals surface area contributed by atoms with Gasteiger partial charge in [0.25, 0.3) is 0 Å². The van der Waals surface area contributed by atoms with Gasteiger partial charge in [0.2, 0.25) is 12.5 Å². The first-order valence-corrected chi connectivity index (χ1v) is 5.29. The third-order valence-electron chi connectivity index (χ3n) is 2.36. The molecule has 8 heteroatoms. The number of rotatable bonds is 3. The maximum absolute atomic E-state index is 13.9. The first-order chi connectivity index (χ1) is 8.36. The van der Waals surface area contributed by atoms with Crippen LogP contribution in [-0.2, 0) is 23.8 Å². The highest BCUT2D eigenvalue weighted by molar-refractivity contribution is 5.67. The van der Waals surface area contributed by atoms with E-state index >= 15 is 0 Å². The van der Waals surface area contributed by atoms with Crippen LogP contribution in [0.15, 0.2) is 0 Å². The Morgan fingerprint density at radius 2 is 1.83 bits per heavy atom. The number of halogens is 1. The number of alkyl halides is 1. The van der Waals surface area contributed by atoms with Crippen LogP contribution in [0.5, 0.6) is 0 Å². The number of hydrogen-bond donors (Lipinski definition) is 2. The van der Waals surface area contributed by atoms with E-state index in [1.54, 1.807) is 0 Å². The minimum atomic E-state index is -2.03. The van der Waals surface area contributed by atoms with E-state index < -0.39 is 49.3 Å². The standard InChI is InChI=1S/C10H15FO7/c1-4(13)16-9-7(11)10(17-5(2)14)18-6(3-12)8(9)15/h6-10,12,15H,3H2,1-2H3/t6?,7-,8+,9+,10-/m0/s1. The van der Waals surface area contributed by atoms with Crippen LogP contribution in [0.25, 0.3) is 0 Å². The molecule has 0 spiro atoms. The number of carbonyl (C=O) groups is 2. The molecule has 1 fully saturated rings. The van der Waals surface area contributed by atoms with Crippen LogP contribution in [0.1, 0.15) is 13.8 Å². The molecule has 0 bridgehead atoms. The second kappa shape index (κ2) is 6.07. The third kappa shape index (κ3) is 3.37. The number of hydrogen-bond acceptors (Lipinski definition) is 7. The van der Waals surface area contributed by atoms with Gasteiger partial charge in [-0.2, -0.15) is 0 Å². The summed E-state index contributed by atoms with van der Waals surface area (Å²) in [5.74, 6) is -1.60. The molecule has 5 atom stereocenters. The van der Waals surface area contributed by atoms with E-state index in [0.29, 0.717) is 0 Å². The Hall–Kier alpha value is -1.25. The number of aliphatic hydroxyl groups excluding tert-OH is 2. The summed E-state index contributed by atoms with van der Waals surface area (Å²) >= 11 is 0. The van der Waals surface area contributed by atoms with Crippen molar-refractivity contribution < 1.29 is 38.4 Å². The summed E-state index contributed by atoms with van der Waals surface area (Å²) < 4.78 is 27.9. The Balaban J connectivity index is 2.84. The number of esters is 2. The third-order valence-corrected chi connectivity index (χ3v) is 2.36. The average Bonchev–Trinajstić information content (AvgIpc) is 2.27. The van der Waals surface area contributed by atoms with Crippen molar-refractivity contribution >= 4 is 11.9 Å². The van der Waals surface area contributed by atoms with Gasteiger partial charge in [-0.25, -0.2) is 4.39 Å². The van der Waals surface area contributed by atoms with Gasteiger partial charge in [0.05, 0.1) is 6.61 Å². The fourth-order valence-electron chi connectivity index (χ4n) is 1.62. The normalized spacial score (nSPS) is 35.9. The molecule has 1 aliphatic rings. The van der Waals surface area contributed by atoms with Crippen LogP contribution < -0.4 is 0 Å². The highest BCUT2D eigenvalue weighted by atomic mass is 19.1. The van der Waals surface area contributed by atoms with E-state index in [4.69, 9.17) is 9.84 Å². The van der Waals surface area contributed by atoms with Gasteiger partial charge in [0, 0.05) is 13.8 Å². The van der Waals surface area contributed by atoms with Gasteiger partial charge in [-0.15, -0.1) is 0 Å². The smallest absolute Gasteiger partial charge is 0.305 e. The summed E-state index contributed by atoms with van der Waals surface area (Å²) in [6, 6.07) is 0. The predicted molar refractivity (Wildman–Crippen MR) is 54.0 cm³/mol. The molecule has 1 heterocycles. The van der Waals surface area contributed by atoms with Crippen LogP contribution in [0, 0.1) is 0 Å². The molecule has 1 saturated heterocycles. The average molecular weight is 266 g/mol. The largest absolute Gasteiger partial charge is 0.456 e. The lowest BCUT2D eigenvalue weighted by atomic mass is 10.00. The van der Waals surface area contributed by atoms with Crippen molar-refractivity contribution in [1.82, 2.24) is 0 Å². The molecular formula is C10H15FO7. The molecular weight excluding hydrogens is 251 g/mol. The molecule has 2 N–H and O–H groups in total. The zero-order chi connectivity index (χ0) is 13.9. The van der Waals surface area contributed by atoms with Crippen LogP contribution in [-0.4, -0.2) is 59.5 Å². The minimum absolute atomic E-state index is 0.635. The first-order valence-electron chi connectivity index (χ1n) is 5.29. The van der Waals surface area contributed by atoms with Crippen molar-refractivity contribution in [2.75, 3.05) is 6.61 Å². The SMILES string of the molecule is CC(=O)O[C@H]1OC(CO)[C@@H](O)[C@H](OC(C)=O)[C@@H]1F. The van der Waals surface area contributed by atoms with E-state index in [0.717, 1.165) is 13.8 Å². The molecule has 0 aliphatic carbocycles. The van der Waals surface area contributed by atoms with Crippen molar-refractivity contribution in [2.24, 2.45) is 0 Å². The fraction of sp³-hybridized carbons (Fsp3) is 0.800. The topological polar surface area (TPSA) is 102 Å². The van der Waals surface area contributed by atoms with E-state index in [9.17, 15) is 19.1 Å². The monoisotopic (exact) mass is 266 g/mol. The second-order valence-electron chi connectivity index (χ2n) is 3.84. The van der Waals surface area contributed by atoms with Crippen LogP contribution in [0.4, 0.5) is 4.39 Å². The van der Waals surface area contributed by atoms with Crippen molar-refractivity contribution in [1.29, 1.82) is 0 Å². The lowest BCUT2D eigenvalue weighted by Crippen LogP contribution is -2.59. The quantitative estimate of drug-likeness (QED) is 0.625. The fourth-order valence-corrected chi connectivity index (χ4v) is 1.62. The zero-order valence-corrected chi connectivity index (χ0v) is 9.91. The van der Waals surface area contributed by atoms with Gasteiger partial charge in [0.15, 0.2) is 6.10 Å². The molecule has 0 aromatic heterocycles. The summed E-state index contributed by atoms with van der Waals surface area (Å²) in [4.78, 5) is 21.6. The molecule has 0 aromatic rings. The Morgan fingerprint density at radius 3 is 2.28 bits per heavy atom. The molecule has 0 amide bonds. The summed E-state index contributed by atoms with van der Waals surface area (Å²) in [5.41, 5.74) is 0. The first kappa shape index (κ1) is 14.8. The molecule has 1 unspecified atom stereocenters. The van der Waals surface area contributed by atoms with Crippen molar-refractivity contribution in [3.05, 3.63) is 0 Å². The maximum atomic E-state index is 13.9. The summed E-state index contributed by atoms with van der Waals surface area (Å²) in [5, 5.41) is 18.6. The number of ether oxygens (including phenoxy) is 3. The molecule has 1 aliphatic heterocycles. The lowest BCUT2D eigenvalue weighted by Gasteiger charge is -2.39. The maximum Gasteiger partial charge on any atom is 0.305 e. The molecule has 7 nitrogen and oxygen atoms in total. The van der Waals surface area contributed by atoms with Gasteiger partial charge < -0.3 is 24.4 Å². The number of aliphatic hydroxyl groups is 2. The van der Waals surface area contributed by atoms with Crippen LogP contribution in [0.2, 0.25) is 0 Å². The molecule has 18 heavy (non-hydrogen) atoms. The van der Waals surface area contributed by atoms with Gasteiger partial charge in [-0.3, -0.25) is 9.59 Å². The van der Waals surface area contributed by atoms with Gasteiger partial charge in [-0.05, 0) is 0 Å². The molecule has 0 aromatic carbocycles. The molecule has 0 saturated carbocycles. The van der Waals surface area contributed by atoms with E-state index in [1.165, 1.54) is 0 Å². The zero-order valence-electron chi connectivity index (χ0n) is 9.91. The summed E-state index contributed by atoms with van der Waals surface area (Å²) in [6.45, 7) is 1.46. The van der Waals surface area contributed by atoms with Crippen molar-refractivity contribution in [3.8, 4) is 0 Å². The van der Waals surface area contributed by atoms with Crippen LogP contribution in [0.3, 0.4) is 0 Å². The van der Waals surface area contributed by atoms with E-state index in [1.807, 2.05) is 0 Å². The Kier molecular flexibility index (Phi) is 5.00. The van der Waals surface area contributed by atoms with Crippen molar-refractivity contribution in [3.63, 3.8) is 0 Å². The Bertz CT molecular complexity index is 321. The molecule has 0 radical (unpaired) electrons. The highest BCUT2D eigenvalue weighted by Crippen LogP contribution is 2.26. The van der Waals surface area contributed by atoms with Gasteiger partial charge in [0.1, 0.15) is 12.2 Å². The summed E-state index contributed by atoms with van der Waals surface area (Å²) in [6.07, 6.45) is -7.97. The predicted octanol–water partition coefficient (Wildman–Crippen LogP) is -1.10. The molecule has 1 rings (SSSR count). The van der Waals surface area contributed by atoms with Crippen molar-refractivity contribution in [2.45, 2.75) is 44.6 Å². The second-order valence-corrected chi connectivity index (χ2v) is 3.84. The van der Waals surface area contributed by atoms with Gasteiger partial charge in [-0.1, -0.05) is 0 Å². The molecule has 104 valence electrons. The highest BCUT2D eigenvalue weighted by Gasteiger charge is 2.49. The van der Waals surface area contributed by atoms with E-state index in [-0.39, 0.29) is 0 Å². The van der Waals surface area contributed by atoms with E-state index in [2.05, 4.69) is 9.47 Å². The van der Waals surface area contributed by atoms with Crippen LogP contribution >= 0.6 is 0 Å². The minimum Gasteiger partial charge on any atom is -0.456 e. The Labute approximate surface area is 102 Å². The Morgan fingerprint density at radius 1 is 1.28 bits per heavy atom.